The Balaban J connectivity index is 0.000000726. The van der Waals surface area contributed by atoms with Gasteiger partial charge in [0.15, 0.2) is 11.5 Å². The molecule has 4 aromatic rings. The molecule has 5 nitrogen and oxygen atoms in total. The molecule has 0 aliphatic carbocycles. The van der Waals surface area contributed by atoms with Gasteiger partial charge in [0.05, 0.1) is 24.4 Å². The van der Waals surface area contributed by atoms with E-state index in [4.69, 9.17) is 4.42 Å². The molecule has 4 rings (SSSR count). The second kappa shape index (κ2) is 8.15. The van der Waals surface area contributed by atoms with Crippen LogP contribution in [0.2, 0.25) is 0 Å². The summed E-state index contributed by atoms with van der Waals surface area (Å²) in [5.41, 5.74) is 4.92. The summed E-state index contributed by atoms with van der Waals surface area (Å²) >= 11 is 0. The predicted molar refractivity (Wildman–Crippen MR) is 103 cm³/mol. The Labute approximate surface area is 148 Å². The molecule has 25 heavy (non-hydrogen) atoms. The molecule has 130 valence electrons. The summed E-state index contributed by atoms with van der Waals surface area (Å²) in [5.74, 6) is 0.725. The normalized spacial score (nSPS) is 9.88. The van der Waals surface area contributed by atoms with Crippen molar-refractivity contribution in [1.29, 1.82) is 0 Å². The summed E-state index contributed by atoms with van der Waals surface area (Å²) in [6.07, 6.45) is 8.84. The van der Waals surface area contributed by atoms with Gasteiger partial charge in [-0.15, -0.1) is 0 Å². The van der Waals surface area contributed by atoms with Crippen molar-refractivity contribution in [1.82, 2.24) is 14.4 Å². The van der Waals surface area contributed by atoms with E-state index in [1.54, 1.807) is 18.7 Å². The number of fused-ring (bicyclic) bond motifs is 1. The molecule has 0 bridgehead atoms. The van der Waals surface area contributed by atoms with Gasteiger partial charge in [-0.1, -0.05) is 33.4 Å². The van der Waals surface area contributed by atoms with Crippen LogP contribution in [0.4, 0.5) is 11.5 Å². The lowest BCUT2D eigenvalue weighted by Crippen LogP contribution is -1.98. The summed E-state index contributed by atoms with van der Waals surface area (Å²) in [5, 5.41) is 3.33. The smallest absolute Gasteiger partial charge is 0.180 e. The Morgan fingerprint density at radius 2 is 1.96 bits per heavy atom. The third-order valence-corrected chi connectivity index (χ3v) is 3.53. The molecule has 0 aliphatic heterocycles. The number of aryl methyl sites for hydroxylation is 1. The van der Waals surface area contributed by atoms with Crippen molar-refractivity contribution in [3.8, 4) is 11.3 Å². The number of furan rings is 1. The molecule has 1 aromatic carbocycles. The molecule has 0 saturated carbocycles. The molecule has 0 unspecified atom stereocenters. The van der Waals surface area contributed by atoms with Crippen LogP contribution in [0, 0.1) is 6.92 Å². The highest BCUT2D eigenvalue weighted by molar-refractivity contribution is 5.74. The molecule has 0 aliphatic rings. The number of benzene rings is 1. The standard InChI is InChI=1S/C17H14N4O.C2H6.CH4/c1-12-3-2-4-14(9-12)20-16-17-19-10-15(13-5-8-22-11-13)21(17)7-6-18-16;1-2;/h2-11H,1H3,(H,18,20);1-2H3;1H4. The van der Waals surface area contributed by atoms with Crippen molar-refractivity contribution >= 4 is 17.2 Å². The van der Waals surface area contributed by atoms with Crippen LogP contribution in [0.1, 0.15) is 26.8 Å². The highest BCUT2D eigenvalue weighted by atomic mass is 16.3. The topological polar surface area (TPSA) is 55.4 Å². The van der Waals surface area contributed by atoms with Gasteiger partial charge in [0.25, 0.3) is 0 Å². The fourth-order valence-corrected chi connectivity index (χ4v) is 2.49. The minimum Gasteiger partial charge on any atom is -0.472 e. The number of anilines is 2. The maximum Gasteiger partial charge on any atom is 0.180 e. The molecule has 0 radical (unpaired) electrons. The number of hydrogen-bond acceptors (Lipinski definition) is 4. The highest BCUT2D eigenvalue weighted by Gasteiger charge is 2.11. The fourth-order valence-electron chi connectivity index (χ4n) is 2.49. The van der Waals surface area contributed by atoms with E-state index in [-0.39, 0.29) is 7.43 Å². The van der Waals surface area contributed by atoms with Gasteiger partial charge in [0.1, 0.15) is 0 Å². The number of rotatable bonds is 3. The molecule has 0 atom stereocenters. The second-order valence-electron chi connectivity index (χ2n) is 5.12. The van der Waals surface area contributed by atoms with Crippen LogP contribution in [0.25, 0.3) is 16.9 Å². The molecule has 3 heterocycles. The lowest BCUT2D eigenvalue weighted by atomic mass is 10.2. The zero-order chi connectivity index (χ0) is 16.9. The van der Waals surface area contributed by atoms with Gasteiger partial charge in [0.2, 0.25) is 0 Å². The molecule has 0 amide bonds. The number of nitrogens with zero attached hydrogens (tertiary/aromatic N) is 3. The largest absolute Gasteiger partial charge is 0.472 e. The quantitative estimate of drug-likeness (QED) is 0.521. The van der Waals surface area contributed by atoms with E-state index in [0.717, 1.165) is 28.4 Å². The van der Waals surface area contributed by atoms with E-state index >= 15 is 0 Å². The second-order valence-corrected chi connectivity index (χ2v) is 5.12. The lowest BCUT2D eigenvalue weighted by molar-refractivity contribution is 0.568. The van der Waals surface area contributed by atoms with Gasteiger partial charge in [-0.3, -0.25) is 4.40 Å². The third-order valence-electron chi connectivity index (χ3n) is 3.53. The maximum atomic E-state index is 5.15. The van der Waals surface area contributed by atoms with Crippen molar-refractivity contribution < 1.29 is 4.42 Å². The molecule has 0 spiro atoms. The molecule has 1 N–H and O–H groups in total. The molecule has 5 heteroatoms. The maximum absolute atomic E-state index is 5.15. The van der Waals surface area contributed by atoms with Crippen molar-refractivity contribution in [3.63, 3.8) is 0 Å². The fraction of sp³-hybridized carbons (Fsp3) is 0.200. The Morgan fingerprint density at radius 3 is 2.68 bits per heavy atom. The molecule has 0 saturated heterocycles. The summed E-state index contributed by atoms with van der Waals surface area (Å²) < 4.78 is 7.15. The van der Waals surface area contributed by atoms with E-state index in [2.05, 4.69) is 34.3 Å². The van der Waals surface area contributed by atoms with Crippen LogP contribution >= 0.6 is 0 Å². The zero-order valence-corrected chi connectivity index (χ0v) is 14.0. The Kier molecular flexibility index (Phi) is 5.95. The molecule has 3 aromatic heterocycles. The van der Waals surface area contributed by atoms with Crippen molar-refractivity contribution in [3.05, 3.63) is 67.0 Å². The number of imidazole rings is 1. The van der Waals surface area contributed by atoms with Crippen LogP contribution in [0.5, 0.6) is 0 Å². The Morgan fingerprint density at radius 1 is 1.12 bits per heavy atom. The first kappa shape index (κ1) is 18.3. The van der Waals surface area contributed by atoms with Crippen molar-refractivity contribution in [2.45, 2.75) is 28.2 Å². The number of hydrogen-bond donors (Lipinski definition) is 1. The third kappa shape index (κ3) is 3.71. The summed E-state index contributed by atoms with van der Waals surface area (Å²) in [6, 6.07) is 10.1. The summed E-state index contributed by atoms with van der Waals surface area (Å²) in [7, 11) is 0. The summed E-state index contributed by atoms with van der Waals surface area (Å²) in [4.78, 5) is 8.90. The zero-order valence-electron chi connectivity index (χ0n) is 14.0. The van der Waals surface area contributed by atoms with Crippen LogP contribution in [-0.4, -0.2) is 14.4 Å². The minimum absolute atomic E-state index is 0. The first-order valence-corrected chi connectivity index (χ1v) is 7.99. The molecular weight excluding hydrogens is 312 g/mol. The SMILES string of the molecule is C.CC.Cc1cccc(Nc2nccn3c(-c4ccoc4)cnc23)c1. The van der Waals surface area contributed by atoms with E-state index < -0.39 is 0 Å². The minimum atomic E-state index is 0. The van der Waals surface area contributed by atoms with Crippen LogP contribution in [0.3, 0.4) is 0 Å². The Bertz CT molecular complexity index is 926. The predicted octanol–water partition coefficient (Wildman–Crippen LogP) is 5.70. The van der Waals surface area contributed by atoms with Crippen molar-refractivity contribution in [2.24, 2.45) is 0 Å². The first-order valence-electron chi connectivity index (χ1n) is 7.99. The highest BCUT2D eigenvalue weighted by Crippen LogP contribution is 2.25. The number of nitrogens with one attached hydrogen (secondary N) is 1. The van der Waals surface area contributed by atoms with Crippen molar-refractivity contribution in [2.75, 3.05) is 5.32 Å². The van der Waals surface area contributed by atoms with E-state index in [0.29, 0.717) is 0 Å². The summed E-state index contributed by atoms with van der Waals surface area (Å²) in [6.45, 7) is 6.06. The van der Waals surface area contributed by atoms with Gasteiger partial charge in [-0.2, -0.15) is 0 Å². The molecular formula is C20H24N4O. The van der Waals surface area contributed by atoms with E-state index in [1.165, 1.54) is 5.56 Å². The van der Waals surface area contributed by atoms with Gasteiger partial charge >= 0.3 is 0 Å². The average molecular weight is 336 g/mol. The van der Waals surface area contributed by atoms with Gasteiger partial charge in [-0.05, 0) is 30.7 Å². The first-order chi connectivity index (χ1) is 11.8. The van der Waals surface area contributed by atoms with E-state index in [1.807, 2.05) is 48.8 Å². The van der Waals surface area contributed by atoms with Gasteiger partial charge in [0, 0.05) is 23.6 Å². The van der Waals surface area contributed by atoms with Crippen LogP contribution in [0.15, 0.2) is 65.9 Å². The van der Waals surface area contributed by atoms with Gasteiger partial charge < -0.3 is 9.73 Å². The van der Waals surface area contributed by atoms with Crippen LogP contribution < -0.4 is 5.32 Å². The Hall–Kier alpha value is -3.08. The average Bonchev–Trinajstić information content (AvgIpc) is 3.26. The monoisotopic (exact) mass is 336 g/mol. The van der Waals surface area contributed by atoms with Gasteiger partial charge in [-0.25, -0.2) is 9.97 Å². The van der Waals surface area contributed by atoms with Crippen LogP contribution in [-0.2, 0) is 0 Å². The molecule has 0 fully saturated rings. The van der Waals surface area contributed by atoms with E-state index in [9.17, 15) is 0 Å². The number of aromatic nitrogens is 3. The lowest BCUT2D eigenvalue weighted by Gasteiger charge is -2.08.